The molecule has 2 N–H and O–H groups in total. The monoisotopic (exact) mass is 307 g/mol. The summed E-state index contributed by atoms with van der Waals surface area (Å²) in [6.07, 6.45) is 0. The van der Waals surface area contributed by atoms with E-state index in [1.807, 2.05) is 39.3 Å². The Morgan fingerprint density at radius 2 is 1.57 bits per heavy atom. The van der Waals surface area contributed by atoms with Gasteiger partial charge in [-0.05, 0) is 26.2 Å². The van der Waals surface area contributed by atoms with E-state index in [-0.39, 0.29) is 4.90 Å². The lowest BCUT2D eigenvalue weighted by Gasteiger charge is -2.23. The topological polar surface area (TPSA) is 66.6 Å². The maximum Gasteiger partial charge on any atom is 0.238 e. The number of likely N-dealkylation sites (N-methyl/N-ethyl adjacent to an activating group) is 2. The van der Waals surface area contributed by atoms with Gasteiger partial charge in [0.2, 0.25) is 10.0 Å². The first-order chi connectivity index (χ1) is 9.80. The minimum atomic E-state index is -3.72. The van der Waals surface area contributed by atoms with Crippen LogP contribution >= 0.6 is 0 Å². The highest BCUT2D eigenvalue weighted by molar-refractivity contribution is 7.89. The standard InChI is InChI=1S/C15H21N3O2S/c1-17(2)10-11-18(3)14-8-4-7-13-12(14)6-5-9-15(13)21(16,19)20/h4-9H,10-11H2,1-3H3,(H2,16,19,20). The molecule has 0 atom stereocenters. The second-order valence-corrected chi connectivity index (χ2v) is 6.93. The Balaban J connectivity index is 2.52. The van der Waals surface area contributed by atoms with E-state index in [1.165, 1.54) is 0 Å². The number of rotatable bonds is 5. The van der Waals surface area contributed by atoms with Crippen LogP contribution in [0.4, 0.5) is 5.69 Å². The molecule has 2 aromatic carbocycles. The first kappa shape index (κ1) is 15.8. The van der Waals surface area contributed by atoms with E-state index in [0.29, 0.717) is 5.39 Å². The number of benzene rings is 2. The molecule has 0 fully saturated rings. The van der Waals surface area contributed by atoms with Gasteiger partial charge in [-0.25, -0.2) is 13.6 Å². The fraction of sp³-hybridized carbons (Fsp3) is 0.333. The summed E-state index contributed by atoms with van der Waals surface area (Å²) >= 11 is 0. The Labute approximate surface area is 126 Å². The number of fused-ring (bicyclic) bond motifs is 1. The summed E-state index contributed by atoms with van der Waals surface area (Å²) in [6, 6.07) is 10.8. The van der Waals surface area contributed by atoms with Crippen LogP contribution in [-0.2, 0) is 10.0 Å². The molecular formula is C15H21N3O2S. The first-order valence-corrected chi connectivity index (χ1v) is 8.26. The summed E-state index contributed by atoms with van der Waals surface area (Å²) in [7, 11) is 2.33. The zero-order chi connectivity index (χ0) is 15.6. The van der Waals surface area contributed by atoms with Crippen molar-refractivity contribution in [3.8, 4) is 0 Å². The Morgan fingerprint density at radius 3 is 2.19 bits per heavy atom. The molecule has 0 heterocycles. The van der Waals surface area contributed by atoms with E-state index in [0.717, 1.165) is 24.2 Å². The van der Waals surface area contributed by atoms with Gasteiger partial charge in [0.1, 0.15) is 0 Å². The first-order valence-electron chi connectivity index (χ1n) is 6.71. The largest absolute Gasteiger partial charge is 0.373 e. The van der Waals surface area contributed by atoms with Crippen molar-refractivity contribution >= 4 is 26.5 Å². The Hall–Kier alpha value is -1.63. The molecule has 0 saturated heterocycles. The van der Waals surface area contributed by atoms with Crippen LogP contribution in [0.15, 0.2) is 41.3 Å². The van der Waals surface area contributed by atoms with Crippen molar-refractivity contribution in [1.82, 2.24) is 4.90 Å². The number of primary sulfonamides is 1. The fourth-order valence-electron chi connectivity index (χ4n) is 2.32. The maximum atomic E-state index is 11.7. The van der Waals surface area contributed by atoms with Gasteiger partial charge in [-0.15, -0.1) is 0 Å². The van der Waals surface area contributed by atoms with Gasteiger partial charge >= 0.3 is 0 Å². The molecule has 2 rings (SSSR count). The average molecular weight is 307 g/mol. The predicted octanol–water partition coefficient (Wildman–Crippen LogP) is 1.48. The molecule has 5 nitrogen and oxygen atoms in total. The normalized spacial score (nSPS) is 12.0. The van der Waals surface area contributed by atoms with Crippen LogP contribution in [-0.4, -0.2) is 47.6 Å². The lowest BCUT2D eigenvalue weighted by Crippen LogP contribution is -2.28. The van der Waals surface area contributed by atoms with E-state index in [2.05, 4.69) is 9.80 Å². The van der Waals surface area contributed by atoms with Crippen molar-refractivity contribution < 1.29 is 8.42 Å². The summed E-state index contributed by atoms with van der Waals surface area (Å²) in [5.41, 5.74) is 1.000. The molecule has 0 aromatic heterocycles. The molecule has 114 valence electrons. The van der Waals surface area contributed by atoms with Gasteiger partial charge in [-0.2, -0.15) is 0 Å². The van der Waals surface area contributed by atoms with Crippen LogP contribution in [0, 0.1) is 0 Å². The number of hydrogen-bond donors (Lipinski definition) is 1. The van der Waals surface area contributed by atoms with Gasteiger partial charge in [0, 0.05) is 36.6 Å². The molecule has 0 amide bonds. The predicted molar refractivity (Wildman–Crippen MR) is 87.1 cm³/mol. The van der Waals surface area contributed by atoms with Crippen LogP contribution in [0.2, 0.25) is 0 Å². The van der Waals surface area contributed by atoms with E-state index < -0.39 is 10.0 Å². The second kappa shape index (κ2) is 6.01. The van der Waals surface area contributed by atoms with Crippen molar-refractivity contribution in [2.75, 3.05) is 39.1 Å². The van der Waals surface area contributed by atoms with Gasteiger partial charge < -0.3 is 9.80 Å². The summed E-state index contributed by atoms with van der Waals surface area (Å²) in [6.45, 7) is 1.77. The van der Waals surface area contributed by atoms with Crippen molar-refractivity contribution in [3.05, 3.63) is 36.4 Å². The van der Waals surface area contributed by atoms with Gasteiger partial charge in [0.05, 0.1) is 4.90 Å². The Morgan fingerprint density at radius 1 is 0.952 bits per heavy atom. The summed E-state index contributed by atoms with van der Waals surface area (Å²) in [4.78, 5) is 4.40. The van der Waals surface area contributed by atoms with Crippen molar-refractivity contribution in [2.24, 2.45) is 5.14 Å². The van der Waals surface area contributed by atoms with Crippen LogP contribution in [0.1, 0.15) is 0 Å². The molecule has 2 aromatic rings. The molecule has 0 aliphatic carbocycles. The zero-order valence-electron chi connectivity index (χ0n) is 12.6. The smallest absolute Gasteiger partial charge is 0.238 e. The SMILES string of the molecule is CN(C)CCN(C)c1cccc2c(S(N)(=O)=O)cccc12. The number of hydrogen-bond acceptors (Lipinski definition) is 4. The molecule has 0 aliphatic heterocycles. The Bertz CT molecular complexity index is 742. The van der Waals surface area contributed by atoms with Crippen molar-refractivity contribution in [3.63, 3.8) is 0 Å². The average Bonchev–Trinajstić information content (AvgIpc) is 2.42. The molecule has 0 bridgehead atoms. The molecule has 21 heavy (non-hydrogen) atoms. The molecule has 0 unspecified atom stereocenters. The highest BCUT2D eigenvalue weighted by atomic mass is 32.2. The van der Waals surface area contributed by atoms with Crippen molar-refractivity contribution in [1.29, 1.82) is 0 Å². The molecule has 6 heteroatoms. The molecule has 0 radical (unpaired) electrons. The minimum Gasteiger partial charge on any atom is -0.373 e. The Kier molecular flexibility index (Phi) is 4.51. The third kappa shape index (κ3) is 3.53. The van der Waals surface area contributed by atoms with Crippen LogP contribution in [0.3, 0.4) is 0 Å². The van der Waals surface area contributed by atoms with E-state index in [4.69, 9.17) is 5.14 Å². The van der Waals surface area contributed by atoms with E-state index in [1.54, 1.807) is 18.2 Å². The summed E-state index contributed by atoms with van der Waals surface area (Å²) < 4.78 is 23.4. The second-order valence-electron chi connectivity index (χ2n) is 5.40. The van der Waals surface area contributed by atoms with Crippen LogP contribution < -0.4 is 10.0 Å². The lowest BCUT2D eigenvalue weighted by molar-refractivity contribution is 0.416. The lowest BCUT2D eigenvalue weighted by atomic mass is 10.1. The molecule has 0 aliphatic rings. The fourth-order valence-corrected chi connectivity index (χ4v) is 3.07. The molecular weight excluding hydrogens is 286 g/mol. The number of sulfonamides is 1. The van der Waals surface area contributed by atoms with Gasteiger partial charge in [0.15, 0.2) is 0 Å². The molecule has 0 saturated carbocycles. The van der Waals surface area contributed by atoms with E-state index >= 15 is 0 Å². The maximum absolute atomic E-state index is 11.7. The quantitative estimate of drug-likeness (QED) is 0.909. The van der Waals surface area contributed by atoms with Crippen molar-refractivity contribution in [2.45, 2.75) is 4.90 Å². The summed E-state index contributed by atoms with van der Waals surface area (Å²) in [5.74, 6) is 0. The minimum absolute atomic E-state index is 0.169. The third-order valence-electron chi connectivity index (χ3n) is 3.46. The molecule has 0 spiro atoms. The number of nitrogens with zero attached hydrogens (tertiary/aromatic N) is 2. The number of anilines is 1. The van der Waals surface area contributed by atoms with Gasteiger partial charge in [0.25, 0.3) is 0 Å². The van der Waals surface area contributed by atoms with Gasteiger partial charge in [-0.1, -0.05) is 24.3 Å². The van der Waals surface area contributed by atoms with Crippen LogP contribution in [0.5, 0.6) is 0 Å². The highest BCUT2D eigenvalue weighted by Gasteiger charge is 2.14. The zero-order valence-corrected chi connectivity index (χ0v) is 13.4. The highest BCUT2D eigenvalue weighted by Crippen LogP contribution is 2.29. The van der Waals surface area contributed by atoms with E-state index in [9.17, 15) is 8.42 Å². The third-order valence-corrected chi connectivity index (χ3v) is 4.43. The van der Waals surface area contributed by atoms with Gasteiger partial charge in [-0.3, -0.25) is 0 Å². The number of nitrogens with two attached hydrogens (primary N) is 1. The summed E-state index contributed by atoms with van der Waals surface area (Å²) in [5, 5.41) is 6.85. The van der Waals surface area contributed by atoms with Crippen LogP contribution in [0.25, 0.3) is 10.8 Å².